The number of hydrogen-bond donors (Lipinski definition) is 0. The summed E-state index contributed by atoms with van der Waals surface area (Å²) in [5.74, 6) is 1.47. The number of aromatic amines is 1. The number of nitrogens with one attached hydrogen (secondary N) is 1. The number of piperazine rings is 1. The van der Waals surface area contributed by atoms with E-state index < -0.39 is 0 Å². The highest BCUT2D eigenvalue weighted by atomic mass is 16.5. The molecule has 0 saturated carbocycles. The van der Waals surface area contributed by atoms with Crippen molar-refractivity contribution in [3.63, 3.8) is 0 Å². The van der Waals surface area contributed by atoms with Crippen molar-refractivity contribution >= 4 is 11.6 Å². The molecule has 1 aliphatic rings. The fourth-order valence-corrected chi connectivity index (χ4v) is 3.08. The van der Waals surface area contributed by atoms with Gasteiger partial charge in [-0.05, 0) is 17.7 Å². The molecule has 1 aliphatic heterocycles. The maximum absolute atomic E-state index is 12.6. The quantitative estimate of drug-likeness (QED) is 0.824. The summed E-state index contributed by atoms with van der Waals surface area (Å²) in [6.45, 7) is 3.18. The summed E-state index contributed by atoms with van der Waals surface area (Å²) in [6.07, 6.45) is 4.22. The first-order valence-corrected chi connectivity index (χ1v) is 8.41. The fraction of sp³-hybridized carbons (Fsp3) is 0.368. The van der Waals surface area contributed by atoms with E-state index in [2.05, 4.69) is 22.0 Å². The lowest BCUT2D eigenvalue weighted by Crippen LogP contribution is -2.49. The van der Waals surface area contributed by atoms with E-state index in [0.717, 1.165) is 31.7 Å². The van der Waals surface area contributed by atoms with Gasteiger partial charge in [0.25, 0.3) is 0 Å². The monoisotopic (exact) mass is 342 g/mol. The Morgan fingerprint density at radius 1 is 1.00 bits per heavy atom. The molecule has 0 atom stereocenters. The molecular weight excluding hydrogens is 318 g/mol. The normalized spacial score (nSPS) is 14.3. The van der Waals surface area contributed by atoms with Gasteiger partial charge in [0, 0.05) is 44.0 Å². The number of H-pyrrole nitrogens is 1. The number of benzene rings is 1. The molecule has 0 spiro atoms. The van der Waals surface area contributed by atoms with Crippen LogP contribution in [0.15, 0.2) is 42.7 Å². The van der Waals surface area contributed by atoms with Crippen LogP contribution in [0.3, 0.4) is 0 Å². The molecule has 3 rings (SSSR count). The average molecular weight is 342 g/mol. The van der Waals surface area contributed by atoms with Crippen molar-refractivity contribution in [1.29, 1.82) is 0 Å². The van der Waals surface area contributed by atoms with Crippen LogP contribution in [0, 0.1) is 0 Å². The lowest BCUT2D eigenvalue weighted by molar-refractivity contribution is -0.377. The summed E-state index contributed by atoms with van der Waals surface area (Å²) in [7, 11) is 3.21. The smallest absolute Gasteiger partial charge is 0.227 e. The molecule has 0 aliphatic carbocycles. The SMILES string of the molecule is COc1ccc(CC(=O)N2CCN(c3cc[nH+]cc3)CC2)cc1OC. The van der Waals surface area contributed by atoms with Crippen molar-refractivity contribution in [2.45, 2.75) is 6.42 Å². The summed E-state index contributed by atoms with van der Waals surface area (Å²) >= 11 is 0. The topological polar surface area (TPSA) is 56.2 Å². The molecule has 6 nitrogen and oxygen atoms in total. The number of anilines is 1. The van der Waals surface area contributed by atoms with Crippen molar-refractivity contribution in [2.75, 3.05) is 45.3 Å². The fourth-order valence-electron chi connectivity index (χ4n) is 3.08. The van der Waals surface area contributed by atoms with Gasteiger partial charge in [0.05, 0.1) is 20.6 Å². The lowest BCUT2D eigenvalue weighted by Gasteiger charge is -2.35. The molecule has 0 bridgehead atoms. The zero-order chi connectivity index (χ0) is 17.6. The minimum absolute atomic E-state index is 0.147. The van der Waals surface area contributed by atoms with Gasteiger partial charge in [0.2, 0.25) is 5.91 Å². The molecule has 6 heteroatoms. The summed E-state index contributed by atoms with van der Waals surface area (Å²) in [6, 6.07) is 9.73. The van der Waals surface area contributed by atoms with Crippen molar-refractivity contribution in [3.05, 3.63) is 48.3 Å². The predicted octanol–water partition coefficient (Wildman–Crippen LogP) is 1.41. The van der Waals surface area contributed by atoms with Crippen LogP contribution < -0.4 is 19.4 Å². The molecule has 25 heavy (non-hydrogen) atoms. The van der Waals surface area contributed by atoms with Crippen molar-refractivity contribution < 1.29 is 19.3 Å². The first-order valence-electron chi connectivity index (χ1n) is 8.41. The molecule has 0 radical (unpaired) electrons. The van der Waals surface area contributed by atoms with E-state index >= 15 is 0 Å². The number of rotatable bonds is 5. The highest BCUT2D eigenvalue weighted by Gasteiger charge is 2.22. The minimum atomic E-state index is 0.147. The largest absolute Gasteiger partial charge is 0.493 e. The van der Waals surface area contributed by atoms with Crippen molar-refractivity contribution in [2.24, 2.45) is 0 Å². The number of methoxy groups -OCH3 is 2. The maximum atomic E-state index is 12.6. The molecule has 132 valence electrons. The predicted molar refractivity (Wildman–Crippen MR) is 95.0 cm³/mol. The summed E-state index contributed by atoms with van der Waals surface area (Å²) in [5, 5.41) is 0. The third-order valence-corrected chi connectivity index (χ3v) is 4.50. The van der Waals surface area contributed by atoms with E-state index in [1.165, 1.54) is 5.69 Å². The minimum Gasteiger partial charge on any atom is -0.493 e. The van der Waals surface area contributed by atoms with Gasteiger partial charge < -0.3 is 19.3 Å². The molecule has 1 aromatic carbocycles. The molecule has 1 saturated heterocycles. The van der Waals surface area contributed by atoms with Crippen LogP contribution in [-0.2, 0) is 11.2 Å². The van der Waals surface area contributed by atoms with Crippen LogP contribution in [-0.4, -0.2) is 51.2 Å². The third kappa shape index (κ3) is 4.02. The van der Waals surface area contributed by atoms with Gasteiger partial charge in [-0.2, -0.15) is 0 Å². The number of pyridine rings is 1. The summed E-state index contributed by atoms with van der Waals surface area (Å²) in [5.41, 5.74) is 2.12. The van der Waals surface area contributed by atoms with Gasteiger partial charge in [0.15, 0.2) is 23.9 Å². The summed E-state index contributed by atoms with van der Waals surface area (Å²) in [4.78, 5) is 19.9. The Morgan fingerprint density at radius 2 is 1.68 bits per heavy atom. The maximum Gasteiger partial charge on any atom is 0.227 e. The van der Waals surface area contributed by atoms with Crippen LogP contribution in [0.25, 0.3) is 0 Å². The Kier molecular flexibility index (Phi) is 5.38. The number of carbonyl (C=O) groups is 1. The molecule has 1 amide bonds. The van der Waals surface area contributed by atoms with Crippen LogP contribution >= 0.6 is 0 Å². The first kappa shape index (κ1) is 17.1. The van der Waals surface area contributed by atoms with E-state index in [0.29, 0.717) is 17.9 Å². The van der Waals surface area contributed by atoms with Gasteiger partial charge in [0.1, 0.15) is 0 Å². The van der Waals surface area contributed by atoms with E-state index in [4.69, 9.17) is 9.47 Å². The Bertz CT molecular complexity index is 713. The van der Waals surface area contributed by atoms with E-state index in [1.807, 2.05) is 35.5 Å². The second-order valence-electron chi connectivity index (χ2n) is 5.99. The standard InChI is InChI=1S/C19H23N3O3/c1-24-17-4-3-15(13-18(17)25-2)14-19(23)22-11-9-21(10-12-22)16-5-7-20-8-6-16/h3-8,13H,9-12,14H2,1-2H3/p+1. The molecule has 2 heterocycles. The number of carbonyl (C=O) groups excluding carboxylic acids is 1. The van der Waals surface area contributed by atoms with E-state index in [9.17, 15) is 4.79 Å². The molecule has 2 aromatic rings. The zero-order valence-corrected chi connectivity index (χ0v) is 14.7. The number of nitrogens with zero attached hydrogens (tertiary/aromatic N) is 2. The number of amides is 1. The first-order chi connectivity index (χ1) is 12.2. The van der Waals surface area contributed by atoms with Gasteiger partial charge in [-0.3, -0.25) is 4.79 Å². The Morgan fingerprint density at radius 3 is 2.32 bits per heavy atom. The number of aromatic nitrogens is 1. The van der Waals surface area contributed by atoms with Crippen LogP contribution in [0.1, 0.15) is 5.56 Å². The van der Waals surface area contributed by atoms with Crippen LogP contribution in [0.4, 0.5) is 5.69 Å². The second-order valence-corrected chi connectivity index (χ2v) is 5.99. The van der Waals surface area contributed by atoms with Gasteiger partial charge in [-0.15, -0.1) is 0 Å². The third-order valence-electron chi connectivity index (χ3n) is 4.50. The van der Waals surface area contributed by atoms with Gasteiger partial charge >= 0.3 is 0 Å². The van der Waals surface area contributed by atoms with Gasteiger partial charge in [-0.25, -0.2) is 4.98 Å². The molecule has 1 aromatic heterocycles. The van der Waals surface area contributed by atoms with Crippen molar-refractivity contribution in [3.8, 4) is 11.5 Å². The molecule has 0 unspecified atom stereocenters. The van der Waals surface area contributed by atoms with Crippen molar-refractivity contribution in [1.82, 2.24) is 4.90 Å². The highest BCUT2D eigenvalue weighted by molar-refractivity contribution is 5.79. The Hall–Kier alpha value is -2.76. The zero-order valence-electron chi connectivity index (χ0n) is 14.7. The average Bonchev–Trinajstić information content (AvgIpc) is 2.68. The van der Waals surface area contributed by atoms with Crippen LogP contribution in [0.2, 0.25) is 0 Å². The second kappa shape index (κ2) is 7.88. The Balaban J connectivity index is 1.58. The van der Waals surface area contributed by atoms with Gasteiger partial charge in [-0.1, -0.05) is 6.07 Å². The Labute approximate surface area is 148 Å². The molecule has 1 N–H and O–H groups in total. The van der Waals surface area contributed by atoms with Crippen LogP contribution in [0.5, 0.6) is 11.5 Å². The highest BCUT2D eigenvalue weighted by Crippen LogP contribution is 2.28. The summed E-state index contributed by atoms with van der Waals surface area (Å²) < 4.78 is 10.5. The van der Waals surface area contributed by atoms with E-state index in [1.54, 1.807) is 14.2 Å². The molecule has 1 fully saturated rings. The molecular formula is C19H24N3O3+. The number of ether oxygens (including phenoxy) is 2. The lowest BCUT2D eigenvalue weighted by atomic mass is 10.1. The van der Waals surface area contributed by atoms with E-state index in [-0.39, 0.29) is 5.91 Å². The number of hydrogen-bond acceptors (Lipinski definition) is 4.